The van der Waals surface area contributed by atoms with Crippen molar-refractivity contribution < 1.29 is 19.5 Å². The molecule has 6 nitrogen and oxygen atoms in total. The summed E-state index contributed by atoms with van der Waals surface area (Å²) in [7, 11) is 1.36. The molecule has 13 heavy (non-hydrogen) atoms. The minimum absolute atomic E-state index is 0.121. The highest BCUT2D eigenvalue weighted by atomic mass is 16.4. The summed E-state index contributed by atoms with van der Waals surface area (Å²) in [6.07, 6.45) is 0.0226. The second kappa shape index (κ2) is 3.42. The topological polar surface area (TPSA) is 86.7 Å². The van der Waals surface area contributed by atoms with Crippen LogP contribution in [-0.2, 0) is 9.59 Å². The Morgan fingerprint density at radius 1 is 1.62 bits per heavy atom. The molecule has 0 spiro atoms. The van der Waals surface area contributed by atoms with E-state index in [1.807, 2.05) is 0 Å². The van der Waals surface area contributed by atoms with Gasteiger partial charge in [0.1, 0.15) is 6.04 Å². The van der Waals surface area contributed by atoms with E-state index < -0.39 is 18.0 Å². The average Bonchev–Trinajstić information content (AvgIpc) is 2.29. The lowest BCUT2D eigenvalue weighted by atomic mass is 10.1. The van der Waals surface area contributed by atoms with Crippen LogP contribution in [0.5, 0.6) is 0 Å². The quantitative estimate of drug-likeness (QED) is 0.576. The molecule has 72 valence electrons. The van der Waals surface area contributed by atoms with E-state index in [0.29, 0.717) is 0 Å². The number of carbonyl (C=O) groups excluding carboxylic acids is 2. The monoisotopic (exact) mass is 186 g/mol. The normalized spacial score (nSPS) is 21.9. The fourth-order valence-electron chi connectivity index (χ4n) is 1.10. The smallest absolute Gasteiger partial charge is 0.324 e. The third-order valence-corrected chi connectivity index (χ3v) is 1.88. The highest BCUT2D eigenvalue weighted by Gasteiger charge is 2.34. The second-order valence-corrected chi connectivity index (χ2v) is 2.83. The maximum atomic E-state index is 11.2. The van der Waals surface area contributed by atoms with Gasteiger partial charge in [-0.2, -0.15) is 0 Å². The fourth-order valence-corrected chi connectivity index (χ4v) is 1.10. The minimum atomic E-state index is -0.975. The number of carboxylic acids is 1. The van der Waals surface area contributed by atoms with Crippen LogP contribution in [0.4, 0.5) is 4.79 Å². The number of carboxylic acid groups (broad SMARTS) is 1. The summed E-state index contributed by atoms with van der Waals surface area (Å²) in [4.78, 5) is 33.2. The number of amides is 3. The van der Waals surface area contributed by atoms with E-state index in [9.17, 15) is 14.4 Å². The van der Waals surface area contributed by atoms with Crippen molar-refractivity contribution in [2.45, 2.75) is 18.9 Å². The molecule has 1 aliphatic rings. The van der Waals surface area contributed by atoms with Crippen LogP contribution in [0.3, 0.4) is 0 Å². The number of imide groups is 1. The lowest BCUT2D eigenvalue weighted by Crippen LogP contribution is -2.29. The predicted octanol–water partition coefficient (Wildman–Crippen LogP) is -0.599. The number of urea groups is 1. The Morgan fingerprint density at radius 2 is 2.23 bits per heavy atom. The zero-order valence-corrected chi connectivity index (χ0v) is 7.11. The van der Waals surface area contributed by atoms with E-state index in [1.165, 1.54) is 7.05 Å². The van der Waals surface area contributed by atoms with Crippen LogP contribution < -0.4 is 5.32 Å². The summed E-state index contributed by atoms with van der Waals surface area (Å²) in [6.45, 7) is 0. The van der Waals surface area contributed by atoms with E-state index >= 15 is 0 Å². The van der Waals surface area contributed by atoms with Gasteiger partial charge in [-0.3, -0.25) is 14.5 Å². The lowest BCUT2D eigenvalue weighted by molar-refractivity contribution is -0.137. The summed E-state index contributed by atoms with van der Waals surface area (Å²) in [5.74, 6) is -1.34. The van der Waals surface area contributed by atoms with Gasteiger partial charge in [-0.25, -0.2) is 4.79 Å². The molecule has 1 fully saturated rings. The zero-order chi connectivity index (χ0) is 10.0. The zero-order valence-electron chi connectivity index (χ0n) is 7.11. The molecular formula is C7H10N2O4. The van der Waals surface area contributed by atoms with Crippen molar-refractivity contribution in [2.75, 3.05) is 7.05 Å². The second-order valence-electron chi connectivity index (χ2n) is 2.83. The standard InChI is InChI=1S/C7H10N2O4/c1-9-6(12)4(8-7(9)13)2-3-5(10)11/h4H,2-3H2,1H3,(H,8,13)(H,10,11)/t4-/m0/s1. The summed E-state index contributed by atoms with van der Waals surface area (Å²) >= 11 is 0. The first-order valence-electron chi connectivity index (χ1n) is 3.82. The van der Waals surface area contributed by atoms with Crippen molar-refractivity contribution in [1.29, 1.82) is 0 Å². The maximum absolute atomic E-state index is 11.2. The van der Waals surface area contributed by atoms with E-state index in [2.05, 4.69) is 5.32 Å². The molecule has 2 N–H and O–H groups in total. The number of likely N-dealkylation sites (N-methyl/N-ethyl adjacent to an activating group) is 1. The molecule has 0 aromatic carbocycles. The first kappa shape index (κ1) is 9.50. The molecule has 0 saturated carbocycles. The highest BCUT2D eigenvalue weighted by molar-refractivity contribution is 6.03. The van der Waals surface area contributed by atoms with E-state index in [0.717, 1.165) is 4.90 Å². The van der Waals surface area contributed by atoms with Gasteiger partial charge in [0.2, 0.25) is 0 Å². The van der Waals surface area contributed by atoms with Gasteiger partial charge in [0.15, 0.2) is 0 Å². The van der Waals surface area contributed by atoms with Gasteiger partial charge in [0, 0.05) is 13.5 Å². The van der Waals surface area contributed by atoms with Crippen LogP contribution in [0.2, 0.25) is 0 Å². The third kappa shape index (κ3) is 1.95. The van der Waals surface area contributed by atoms with Crippen LogP contribution in [0.1, 0.15) is 12.8 Å². The minimum Gasteiger partial charge on any atom is -0.481 e. The van der Waals surface area contributed by atoms with Crippen molar-refractivity contribution >= 4 is 17.9 Å². The molecule has 0 aromatic rings. The van der Waals surface area contributed by atoms with Gasteiger partial charge >= 0.3 is 12.0 Å². The van der Waals surface area contributed by atoms with E-state index in [-0.39, 0.29) is 18.7 Å². The number of nitrogens with zero attached hydrogens (tertiary/aromatic N) is 1. The van der Waals surface area contributed by atoms with Gasteiger partial charge in [-0.1, -0.05) is 0 Å². The Hall–Kier alpha value is -1.59. The fraction of sp³-hybridized carbons (Fsp3) is 0.571. The van der Waals surface area contributed by atoms with Gasteiger partial charge in [-0.05, 0) is 6.42 Å². The van der Waals surface area contributed by atoms with Gasteiger partial charge < -0.3 is 10.4 Å². The van der Waals surface area contributed by atoms with Crippen molar-refractivity contribution in [3.8, 4) is 0 Å². The molecule has 0 aliphatic carbocycles. The van der Waals surface area contributed by atoms with Crippen molar-refractivity contribution in [1.82, 2.24) is 10.2 Å². The molecule has 0 bridgehead atoms. The number of hydrogen-bond acceptors (Lipinski definition) is 3. The summed E-state index contributed by atoms with van der Waals surface area (Å²) in [5.41, 5.74) is 0. The number of carbonyl (C=O) groups is 3. The first-order valence-corrected chi connectivity index (χ1v) is 3.82. The molecule has 6 heteroatoms. The Morgan fingerprint density at radius 3 is 2.62 bits per heavy atom. The molecule has 0 unspecified atom stereocenters. The van der Waals surface area contributed by atoms with Gasteiger partial charge in [0.25, 0.3) is 5.91 Å². The van der Waals surface area contributed by atoms with Crippen molar-refractivity contribution in [3.63, 3.8) is 0 Å². The Balaban J connectivity index is 2.49. The van der Waals surface area contributed by atoms with Crippen LogP contribution >= 0.6 is 0 Å². The molecule has 1 atom stereocenters. The summed E-state index contributed by atoms with van der Waals surface area (Å²) in [6, 6.07) is -1.14. The SMILES string of the molecule is CN1C(=O)N[C@@H](CCC(=O)O)C1=O. The number of nitrogens with one attached hydrogen (secondary N) is 1. The van der Waals surface area contributed by atoms with E-state index in [1.54, 1.807) is 0 Å². The molecule has 1 aliphatic heterocycles. The van der Waals surface area contributed by atoms with Crippen LogP contribution in [0.15, 0.2) is 0 Å². The molecular weight excluding hydrogens is 176 g/mol. The number of hydrogen-bond donors (Lipinski definition) is 2. The molecule has 0 aromatic heterocycles. The third-order valence-electron chi connectivity index (χ3n) is 1.88. The number of aliphatic carboxylic acids is 1. The van der Waals surface area contributed by atoms with Crippen molar-refractivity contribution in [3.05, 3.63) is 0 Å². The maximum Gasteiger partial charge on any atom is 0.324 e. The van der Waals surface area contributed by atoms with Crippen molar-refractivity contribution in [2.24, 2.45) is 0 Å². The van der Waals surface area contributed by atoms with Crippen LogP contribution in [0, 0.1) is 0 Å². The molecule has 1 rings (SSSR count). The predicted molar refractivity (Wildman–Crippen MR) is 42.0 cm³/mol. The molecule has 0 radical (unpaired) electrons. The van der Waals surface area contributed by atoms with Gasteiger partial charge in [-0.15, -0.1) is 0 Å². The lowest BCUT2D eigenvalue weighted by Gasteiger charge is -2.04. The Bertz CT molecular complexity index is 263. The molecule has 1 saturated heterocycles. The van der Waals surface area contributed by atoms with Crippen LogP contribution in [-0.4, -0.2) is 41.0 Å². The Labute approximate surface area is 74.5 Å². The molecule has 1 heterocycles. The summed E-state index contributed by atoms with van der Waals surface area (Å²) < 4.78 is 0. The van der Waals surface area contributed by atoms with Crippen LogP contribution in [0.25, 0.3) is 0 Å². The molecule has 3 amide bonds. The van der Waals surface area contributed by atoms with E-state index in [4.69, 9.17) is 5.11 Å². The average molecular weight is 186 g/mol. The first-order chi connectivity index (χ1) is 6.02. The largest absolute Gasteiger partial charge is 0.481 e. The highest BCUT2D eigenvalue weighted by Crippen LogP contribution is 2.08. The Kier molecular flexibility index (Phi) is 2.50. The van der Waals surface area contributed by atoms with Gasteiger partial charge in [0.05, 0.1) is 0 Å². The summed E-state index contributed by atoms with van der Waals surface area (Å²) in [5, 5.41) is 10.7. The number of rotatable bonds is 3.